The second-order valence-electron chi connectivity index (χ2n) is 7.18. The molecule has 27 heavy (non-hydrogen) atoms. The monoisotopic (exact) mass is 360 g/mol. The van der Waals surface area contributed by atoms with Gasteiger partial charge in [-0.1, -0.05) is 25.7 Å². The molecule has 1 aliphatic rings. The van der Waals surface area contributed by atoms with Crippen LogP contribution in [0.2, 0.25) is 0 Å². The van der Waals surface area contributed by atoms with Gasteiger partial charge in [0.15, 0.2) is 0 Å². The summed E-state index contributed by atoms with van der Waals surface area (Å²) >= 11 is 0. The summed E-state index contributed by atoms with van der Waals surface area (Å²) < 4.78 is 0. The number of hydrogen-bond donors (Lipinski definition) is 3. The Labute approximate surface area is 159 Å². The zero-order valence-corrected chi connectivity index (χ0v) is 15.8. The number of aryl methyl sites for hydroxylation is 2. The molecule has 4 N–H and O–H groups in total. The van der Waals surface area contributed by atoms with E-state index in [1.54, 1.807) is 0 Å². The molecule has 0 radical (unpaired) electrons. The number of nitrogens with one attached hydrogen (secondary N) is 1. The fraction of sp³-hybridized carbons (Fsp3) is 0.364. The molecule has 2 aromatic heterocycles. The average Bonchev–Trinajstić information content (AvgIpc) is 2.94. The van der Waals surface area contributed by atoms with Crippen LogP contribution in [0.5, 0.6) is 0 Å². The molecule has 5 heteroatoms. The molecule has 0 saturated heterocycles. The highest BCUT2D eigenvalue weighted by Crippen LogP contribution is 2.37. The Morgan fingerprint density at radius 1 is 1.26 bits per heavy atom. The minimum Gasteiger partial charge on any atom is -0.378 e. The number of nitrogen functional groups attached to an aromatic ring is 1. The summed E-state index contributed by atoms with van der Waals surface area (Å²) in [6.07, 6.45) is 6.03. The number of hydrogen-bond acceptors (Lipinski definition) is 4. The number of aliphatic hydroxyl groups is 1. The Morgan fingerprint density at radius 3 is 2.85 bits per heavy atom. The summed E-state index contributed by atoms with van der Waals surface area (Å²) in [6.45, 7) is 3.91. The van der Waals surface area contributed by atoms with Crippen molar-refractivity contribution in [3.8, 4) is 23.1 Å². The molecular formula is C22H24N4O. The lowest BCUT2D eigenvalue weighted by atomic mass is 9.97. The Balaban J connectivity index is 1.88. The second-order valence-corrected chi connectivity index (χ2v) is 7.18. The highest BCUT2D eigenvalue weighted by molar-refractivity contribution is 5.98. The highest BCUT2D eigenvalue weighted by Gasteiger charge is 2.22. The van der Waals surface area contributed by atoms with E-state index in [2.05, 4.69) is 38.9 Å². The lowest BCUT2D eigenvalue weighted by molar-refractivity contribution is 0.0931. The Kier molecular flexibility index (Phi) is 4.37. The maximum atomic E-state index is 10.4. The van der Waals surface area contributed by atoms with Crippen LogP contribution in [-0.4, -0.2) is 25.7 Å². The van der Waals surface area contributed by atoms with Gasteiger partial charge in [0.25, 0.3) is 0 Å². The Hall–Kier alpha value is -2.84. The van der Waals surface area contributed by atoms with Gasteiger partial charge in [0, 0.05) is 33.9 Å². The van der Waals surface area contributed by atoms with E-state index in [9.17, 15) is 5.11 Å². The van der Waals surface area contributed by atoms with Crippen molar-refractivity contribution in [3.05, 3.63) is 41.2 Å². The first kappa shape index (κ1) is 17.6. The first-order chi connectivity index (χ1) is 13.0. The molecule has 0 unspecified atom stereocenters. The van der Waals surface area contributed by atoms with Gasteiger partial charge in [0.05, 0.1) is 5.69 Å². The number of nitrogens with two attached hydrogens (primary N) is 1. The minimum atomic E-state index is -0.932. The molecule has 4 rings (SSSR count). The van der Waals surface area contributed by atoms with Crippen LogP contribution in [-0.2, 0) is 12.8 Å². The minimum absolute atomic E-state index is 0.294. The Morgan fingerprint density at radius 2 is 2.07 bits per heavy atom. The van der Waals surface area contributed by atoms with Crippen LogP contribution in [0, 0.1) is 11.8 Å². The third-order valence-corrected chi connectivity index (χ3v) is 5.48. The highest BCUT2D eigenvalue weighted by atomic mass is 16.3. The predicted octanol–water partition coefficient (Wildman–Crippen LogP) is 3.60. The third-order valence-electron chi connectivity index (χ3n) is 5.48. The van der Waals surface area contributed by atoms with E-state index in [0.29, 0.717) is 18.8 Å². The lowest BCUT2D eigenvalue weighted by Gasteiger charge is -2.17. The van der Waals surface area contributed by atoms with Crippen LogP contribution < -0.4 is 5.73 Å². The second kappa shape index (κ2) is 6.71. The number of anilines is 1. The third kappa shape index (κ3) is 3.17. The summed E-state index contributed by atoms with van der Waals surface area (Å²) in [5.41, 5.74) is 11.2. The van der Waals surface area contributed by atoms with Gasteiger partial charge in [0.1, 0.15) is 5.60 Å². The largest absolute Gasteiger partial charge is 0.378 e. The number of H-pyrrole nitrogens is 1. The summed E-state index contributed by atoms with van der Waals surface area (Å²) in [4.78, 5) is 12.3. The van der Waals surface area contributed by atoms with Gasteiger partial charge in [-0.25, -0.2) is 9.97 Å². The predicted molar refractivity (Wildman–Crippen MR) is 108 cm³/mol. The summed E-state index contributed by atoms with van der Waals surface area (Å²) in [6, 6.07) is 6.12. The normalized spacial score (nSPS) is 13.4. The van der Waals surface area contributed by atoms with E-state index in [4.69, 9.17) is 5.73 Å². The van der Waals surface area contributed by atoms with Crippen LogP contribution in [0.4, 0.5) is 5.95 Å². The number of benzene rings is 1. The van der Waals surface area contributed by atoms with Crippen molar-refractivity contribution in [2.75, 3.05) is 5.73 Å². The SMILES string of the molecule is CCC(O)(C#Cc1ccc2[nH]c3c(c2c1)-c1nc(N)ncc1CCC3)CC. The Bertz CT molecular complexity index is 1070. The maximum absolute atomic E-state index is 10.4. The molecule has 5 nitrogen and oxygen atoms in total. The van der Waals surface area contributed by atoms with Crippen LogP contribution >= 0.6 is 0 Å². The zero-order chi connectivity index (χ0) is 19.0. The molecule has 0 spiro atoms. The van der Waals surface area contributed by atoms with Crippen molar-refractivity contribution < 1.29 is 5.11 Å². The molecule has 3 aromatic rings. The number of rotatable bonds is 2. The molecule has 1 aromatic carbocycles. The number of nitrogens with zero attached hydrogens (tertiary/aromatic N) is 2. The van der Waals surface area contributed by atoms with Gasteiger partial charge >= 0.3 is 0 Å². The number of aromatic amines is 1. The first-order valence-corrected chi connectivity index (χ1v) is 9.55. The fourth-order valence-corrected chi connectivity index (χ4v) is 3.67. The molecule has 0 atom stereocenters. The van der Waals surface area contributed by atoms with E-state index in [-0.39, 0.29) is 0 Å². The van der Waals surface area contributed by atoms with E-state index in [1.807, 2.05) is 26.1 Å². The number of fused-ring (bicyclic) bond motifs is 5. The zero-order valence-electron chi connectivity index (χ0n) is 15.8. The summed E-state index contributed by atoms with van der Waals surface area (Å²) in [7, 11) is 0. The van der Waals surface area contributed by atoms with Gasteiger partial charge in [-0.05, 0) is 55.9 Å². The topological polar surface area (TPSA) is 87.8 Å². The molecule has 1 aliphatic carbocycles. The van der Waals surface area contributed by atoms with Crippen LogP contribution in [0.3, 0.4) is 0 Å². The van der Waals surface area contributed by atoms with Gasteiger partial charge in [-0.2, -0.15) is 0 Å². The lowest BCUT2D eigenvalue weighted by Crippen LogP contribution is -2.23. The van der Waals surface area contributed by atoms with Crippen LogP contribution in [0.25, 0.3) is 22.2 Å². The number of aromatic nitrogens is 3. The quantitative estimate of drug-likeness (QED) is 0.609. The van der Waals surface area contributed by atoms with Crippen molar-refractivity contribution >= 4 is 16.9 Å². The van der Waals surface area contributed by atoms with E-state index in [1.165, 1.54) is 5.69 Å². The van der Waals surface area contributed by atoms with Crippen LogP contribution in [0.15, 0.2) is 24.4 Å². The van der Waals surface area contributed by atoms with Crippen molar-refractivity contribution in [3.63, 3.8) is 0 Å². The van der Waals surface area contributed by atoms with Crippen molar-refractivity contribution in [1.82, 2.24) is 15.0 Å². The molecule has 2 heterocycles. The van der Waals surface area contributed by atoms with E-state index < -0.39 is 5.60 Å². The molecule has 138 valence electrons. The molecule has 0 saturated carbocycles. The van der Waals surface area contributed by atoms with E-state index in [0.717, 1.165) is 52.5 Å². The summed E-state index contributed by atoms with van der Waals surface area (Å²) in [5.74, 6) is 6.49. The van der Waals surface area contributed by atoms with Crippen molar-refractivity contribution in [2.24, 2.45) is 0 Å². The fourth-order valence-electron chi connectivity index (χ4n) is 3.67. The smallest absolute Gasteiger partial charge is 0.220 e. The van der Waals surface area contributed by atoms with Gasteiger partial charge in [0.2, 0.25) is 5.95 Å². The molecule has 0 aliphatic heterocycles. The first-order valence-electron chi connectivity index (χ1n) is 9.55. The van der Waals surface area contributed by atoms with E-state index >= 15 is 0 Å². The maximum Gasteiger partial charge on any atom is 0.220 e. The summed E-state index contributed by atoms with van der Waals surface area (Å²) in [5, 5.41) is 11.5. The van der Waals surface area contributed by atoms with Gasteiger partial charge < -0.3 is 15.8 Å². The van der Waals surface area contributed by atoms with Gasteiger partial charge in [-0.15, -0.1) is 0 Å². The molecular weight excluding hydrogens is 336 g/mol. The van der Waals surface area contributed by atoms with Crippen molar-refractivity contribution in [1.29, 1.82) is 0 Å². The molecule has 0 bridgehead atoms. The molecule has 0 amide bonds. The van der Waals surface area contributed by atoms with Crippen molar-refractivity contribution in [2.45, 2.75) is 51.6 Å². The van der Waals surface area contributed by atoms with Gasteiger partial charge in [-0.3, -0.25) is 0 Å². The standard InChI is InChI=1S/C22H24N4O/c1-3-22(27,4-2)11-10-14-8-9-17-16(12-14)19-18(25-17)7-5-6-15-13-24-21(23)26-20(15)19/h8-9,12-13,25,27H,3-7H2,1-2H3,(H2,23,24,26). The van der Waals surface area contributed by atoms with Crippen LogP contribution in [0.1, 0.15) is 49.9 Å². The molecule has 0 fully saturated rings. The average molecular weight is 360 g/mol.